The molecule has 1 amide bonds. The summed E-state index contributed by atoms with van der Waals surface area (Å²) < 4.78 is 0. The molecule has 0 unspecified atom stereocenters. The molecule has 0 fully saturated rings. The lowest BCUT2D eigenvalue weighted by Gasteiger charge is -2.02. The Bertz CT molecular complexity index is 645. The van der Waals surface area contributed by atoms with Crippen molar-refractivity contribution in [1.82, 2.24) is 4.98 Å². The third-order valence-corrected chi connectivity index (χ3v) is 4.34. The van der Waals surface area contributed by atoms with Crippen LogP contribution in [0.2, 0.25) is 0 Å². The molecule has 0 radical (unpaired) electrons. The molecular weight excluding hydrogens is 258 g/mol. The van der Waals surface area contributed by atoms with Crippen LogP contribution in [0.5, 0.6) is 0 Å². The Morgan fingerprint density at radius 2 is 2.32 bits per heavy atom. The predicted molar refractivity (Wildman–Crippen MR) is 73.2 cm³/mol. The number of hydrogen-bond donors (Lipinski definition) is 1. The van der Waals surface area contributed by atoms with E-state index in [9.17, 15) is 4.79 Å². The third kappa shape index (κ3) is 2.35. The summed E-state index contributed by atoms with van der Waals surface area (Å²) in [6.07, 6.45) is 4.81. The lowest BCUT2D eigenvalue weighted by Crippen LogP contribution is -2.11. The maximum Gasteiger partial charge on any atom is 0.266 e. The van der Waals surface area contributed by atoms with Gasteiger partial charge in [-0.3, -0.25) is 4.79 Å². The second kappa shape index (κ2) is 4.82. The number of aromatic nitrogens is 1. The first-order chi connectivity index (χ1) is 9.26. The molecule has 0 atom stereocenters. The molecule has 5 heteroatoms. The third-order valence-electron chi connectivity index (χ3n) is 3.10. The van der Waals surface area contributed by atoms with Crippen molar-refractivity contribution in [3.63, 3.8) is 0 Å². The topological polar surface area (TPSA) is 65.8 Å². The van der Waals surface area contributed by atoms with E-state index >= 15 is 0 Å². The molecule has 2 aromatic rings. The number of nitriles is 1. The minimum absolute atomic E-state index is 0.128. The van der Waals surface area contributed by atoms with E-state index in [2.05, 4.69) is 10.3 Å². The van der Waals surface area contributed by atoms with Crippen molar-refractivity contribution in [2.75, 3.05) is 5.32 Å². The van der Waals surface area contributed by atoms with Crippen molar-refractivity contribution in [3.05, 3.63) is 45.3 Å². The monoisotopic (exact) mass is 269 g/mol. The van der Waals surface area contributed by atoms with Gasteiger partial charge in [-0.1, -0.05) is 0 Å². The van der Waals surface area contributed by atoms with Gasteiger partial charge in [0.05, 0.1) is 10.4 Å². The fourth-order valence-electron chi connectivity index (χ4n) is 2.15. The summed E-state index contributed by atoms with van der Waals surface area (Å²) in [5.74, 6) is 0.342. The summed E-state index contributed by atoms with van der Waals surface area (Å²) in [6, 6.07) is 7.24. The van der Waals surface area contributed by atoms with Crippen LogP contribution in [0, 0.1) is 11.3 Å². The maximum absolute atomic E-state index is 12.1. The van der Waals surface area contributed by atoms with Crippen molar-refractivity contribution in [2.24, 2.45) is 0 Å². The van der Waals surface area contributed by atoms with E-state index in [-0.39, 0.29) is 5.91 Å². The van der Waals surface area contributed by atoms with Crippen molar-refractivity contribution in [2.45, 2.75) is 19.3 Å². The number of pyridine rings is 1. The molecule has 0 bridgehead atoms. The Morgan fingerprint density at radius 3 is 3.00 bits per heavy atom. The maximum atomic E-state index is 12.1. The SMILES string of the molecule is N#Cc1ccc(NC(=O)c2cc3c(s2)CCC3)nc1. The number of amides is 1. The molecule has 1 aliphatic carbocycles. The van der Waals surface area contributed by atoms with Crippen LogP contribution in [-0.4, -0.2) is 10.9 Å². The Hall–Kier alpha value is -2.19. The van der Waals surface area contributed by atoms with E-state index in [1.54, 1.807) is 23.5 Å². The normalized spacial score (nSPS) is 12.8. The Kier molecular flexibility index (Phi) is 3.02. The van der Waals surface area contributed by atoms with Gasteiger partial charge in [-0.25, -0.2) is 4.98 Å². The highest BCUT2D eigenvalue weighted by Crippen LogP contribution is 2.30. The van der Waals surface area contributed by atoms with Crippen LogP contribution in [0.4, 0.5) is 5.82 Å². The first kappa shape index (κ1) is 11.9. The Morgan fingerprint density at radius 1 is 1.42 bits per heavy atom. The van der Waals surface area contributed by atoms with Crippen LogP contribution in [0.1, 0.15) is 32.1 Å². The molecule has 0 saturated carbocycles. The van der Waals surface area contributed by atoms with Gasteiger partial charge >= 0.3 is 0 Å². The van der Waals surface area contributed by atoms with Gasteiger partial charge in [0.15, 0.2) is 0 Å². The molecule has 0 spiro atoms. The molecule has 2 heterocycles. The second-order valence-electron chi connectivity index (χ2n) is 4.41. The molecule has 3 rings (SSSR count). The molecule has 94 valence electrons. The summed E-state index contributed by atoms with van der Waals surface area (Å²) in [6.45, 7) is 0. The van der Waals surface area contributed by atoms with Crippen LogP contribution >= 0.6 is 11.3 Å². The van der Waals surface area contributed by atoms with E-state index in [0.29, 0.717) is 11.4 Å². The van der Waals surface area contributed by atoms with Gasteiger partial charge in [-0.05, 0) is 43.0 Å². The summed E-state index contributed by atoms with van der Waals surface area (Å²) in [5.41, 5.74) is 1.79. The largest absolute Gasteiger partial charge is 0.306 e. The van der Waals surface area contributed by atoms with Gasteiger partial charge in [-0.15, -0.1) is 11.3 Å². The Balaban J connectivity index is 1.75. The number of aryl methyl sites for hydroxylation is 2. The number of rotatable bonds is 2. The highest BCUT2D eigenvalue weighted by molar-refractivity contribution is 7.14. The van der Waals surface area contributed by atoms with Gasteiger partial charge in [-0.2, -0.15) is 5.26 Å². The standard InChI is InChI=1S/C14H11N3OS/c15-7-9-4-5-13(16-8-9)17-14(18)12-6-10-2-1-3-11(10)19-12/h4-6,8H,1-3H2,(H,16,17,18). The van der Waals surface area contributed by atoms with Gasteiger partial charge in [0, 0.05) is 11.1 Å². The number of nitrogens with one attached hydrogen (secondary N) is 1. The average molecular weight is 269 g/mol. The number of anilines is 1. The predicted octanol–water partition coefficient (Wildman–Crippen LogP) is 2.76. The van der Waals surface area contributed by atoms with Crippen LogP contribution in [0.3, 0.4) is 0 Å². The first-order valence-electron chi connectivity index (χ1n) is 6.05. The van der Waals surface area contributed by atoms with Crippen molar-refractivity contribution < 1.29 is 4.79 Å². The molecule has 4 nitrogen and oxygen atoms in total. The number of hydrogen-bond acceptors (Lipinski definition) is 4. The van der Waals surface area contributed by atoms with Crippen LogP contribution in [0.15, 0.2) is 24.4 Å². The average Bonchev–Trinajstić information content (AvgIpc) is 3.00. The fraction of sp³-hybridized carbons (Fsp3) is 0.214. The summed E-state index contributed by atoms with van der Waals surface area (Å²) >= 11 is 1.56. The molecular formula is C14H11N3OS. The number of fused-ring (bicyclic) bond motifs is 1. The highest BCUT2D eigenvalue weighted by atomic mass is 32.1. The quantitative estimate of drug-likeness (QED) is 0.911. The molecule has 19 heavy (non-hydrogen) atoms. The van der Waals surface area contributed by atoms with Gasteiger partial charge in [0.2, 0.25) is 0 Å². The van der Waals surface area contributed by atoms with Crippen LogP contribution in [0.25, 0.3) is 0 Å². The lowest BCUT2D eigenvalue weighted by atomic mass is 10.2. The minimum atomic E-state index is -0.128. The van der Waals surface area contributed by atoms with E-state index in [4.69, 9.17) is 5.26 Å². The minimum Gasteiger partial charge on any atom is -0.306 e. The number of carbonyl (C=O) groups excluding carboxylic acids is 1. The number of nitrogens with zero attached hydrogens (tertiary/aromatic N) is 2. The fourth-order valence-corrected chi connectivity index (χ4v) is 3.30. The van der Waals surface area contributed by atoms with E-state index in [1.165, 1.54) is 23.1 Å². The summed E-state index contributed by atoms with van der Waals surface area (Å²) in [7, 11) is 0. The van der Waals surface area contributed by atoms with Crippen LogP contribution in [-0.2, 0) is 12.8 Å². The zero-order valence-corrected chi connectivity index (χ0v) is 11.0. The number of thiophene rings is 1. The molecule has 1 N–H and O–H groups in total. The summed E-state index contributed by atoms with van der Waals surface area (Å²) in [4.78, 5) is 18.2. The molecule has 0 aliphatic heterocycles. The second-order valence-corrected chi connectivity index (χ2v) is 5.55. The van der Waals surface area contributed by atoms with Crippen molar-refractivity contribution in [3.8, 4) is 6.07 Å². The summed E-state index contributed by atoms with van der Waals surface area (Å²) in [5, 5.41) is 11.4. The van der Waals surface area contributed by atoms with Crippen LogP contribution < -0.4 is 5.32 Å². The molecule has 0 aromatic carbocycles. The van der Waals surface area contributed by atoms with E-state index < -0.39 is 0 Å². The van der Waals surface area contributed by atoms with E-state index in [1.807, 2.05) is 12.1 Å². The van der Waals surface area contributed by atoms with E-state index in [0.717, 1.165) is 17.7 Å². The van der Waals surface area contributed by atoms with Crippen molar-refractivity contribution in [1.29, 1.82) is 5.26 Å². The molecule has 0 saturated heterocycles. The molecule has 1 aliphatic rings. The Labute approximate surface area is 114 Å². The lowest BCUT2D eigenvalue weighted by molar-refractivity contribution is 0.103. The highest BCUT2D eigenvalue weighted by Gasteiger charge is 2.18. The smallest absolute Gasteiger partial charge is 0.266 e. The van der Waals surface area contributed by atoms with Gasteiger partial charge < -0.3 is 5.32 Å². The zero-order valence-electron chi connectivity index (χ0n) is 10.1. The van der Waals surface area contributed by atoms with Gasteiger partial charge in [0.25, 0.3) is 5.91 Å². The van der Waals surface area contributed by atoms with Gasteiger partial charge in [0.1, 0.15) is 11.9 Å². The number of carbonyl (C=O) groups is 1. The first-order valence-corrected chi connectivity index (χ1v) is 6.87. The zero-order chi connectivity index (χ0) is 13.2. The van der Waals surface area contributed by atoms with Crippen molar-refractivity contribution >= 4 is 23.1 Å². The molecule has 2 aromatic heterocycles.